The highest BCUT2D eigenvalue weighted by Crippen LogP contribution is 2.02. The molecule has 0 amide bonds. The Hall–Kier alpha value is -0.970. The monoisotopic (exact) mass is 210 g/mol. The Morgan fingerprint density at radius 1 is 1.23 bits per heavy atom. The summed E-state index contributed by atoms with van der Waals surface area (Å²) in [5, 5.41) is 0. The third-order valence-electron chi connectivity index (χ3n) is 1.06. The molecule has 0 aromatic carbocycles. The highest BCUT2D eigenvalue weighted by molar-refractivity contribution is 6.19. The Morgan fingerprint density at radius 2 is 1.77 bits per heavy atom. The number of ether oxygens (including phenoxy) is 3. The number of halogens is 1. The van der Waals surface area contributed by atoms with Crippen molar-refractivity contribution in [2.24, 2.45) is 0 Å². The van der Waals surface area contributed by atoms with Crippen molar-refractivity contribution in [3.8, 4) is 0 Å². The van der Waals surface area contributed by atoms with Crippen LogP contribution < -0.4 is 0 Å². The Bertz CT molecular complexity index is 191. The number of carbonyl (C=O) groups is 2. The van der Waals surface area contributed by atoms with Crippen LogP contribution in [-0.2, 0) is 19.0 Å². The van der Waals surface area contributed by atoms with E-state index in [1.807, 2.05) is 0 Å². The van der Waals surface area contributed by atoms with Gasteiger partial charge in [-0.05, 0) is 13.8 Å². The van der Waals surface area contributed by atoms with Crippen LogP contribution in [0.3, 0.4) is 0 Å². The van der Waals surface area contributed by atoms with Gasteiger partial charge in [0, 0.05) is 0 Å². The van der Waals surface area contributed by atoms with Crippen molar-refractivity contribution in [1.29, 1.82) is 0 Å². The average Bonchev–Trinajstić information content (AvgIpc) is 2.01. The van der Waals surface area contributed by atoms with E-state index in [0.717, 1.165) is 0 Å². The number of rotatable bonds is 3. The summed E-state index contributed by atoms with van der Waals surface area (Å²) in [6.07, 6.45) is -1.99. The van der Waals surface area contributed by atoms with E-state index in [2.05, 4.69) is 14.2 Å². The van der Waals surface area contributed by atoms with E-state index >= 15 is 0 Å². The van der Waals surface area contributed by atoms with Gasteiger partial charge in [-0.15, -0.1) is 0 Å². The van der Waals surface area contributed by atoms with Gasteiger partial charge < -0.3 is 14.2 Å². The highest BCUT2D eigenvalue weighted by Gasteiger charge is 2.19. The van der Waals surface area contributed by atoms with Gasteiger partial charge in [-0.3, -0.25) is 0 Å². The summed E-state index contributed by atoms with van der Waals surface area (Å²) < 4.78 is 13.2. The fraction of sp³-hybridized carbons (Fsp3) is 0.714. The number of alkyl halides is 1. The van der Waals surface area contributed by atoms with Crippen molar-refractivity contribution >= 4 is 23.7 Å². The van der Waals surface area contributed by atoms with Crippen LogP contribution >= 0.6 is 11.6 Å². The van der Waals surface area contributed by atoms with Crippen LogP contribution in [0.4, 0.5) is 4.79 Å². The predicted molar refractivity (Wildman–Crippen MR) is 44.4 cm³/mol. The molecular weight excluding hydrogens is 200 g/mol. The normalized spacial score (nSPS) is 14.2. The molecule has 0 aliphatic carbocycles. The van der Waals surface area contributed by atoms with Crippen molar-refractivity contribution in [3.05, 3.63) is 0 Å². The Morgan fingerprint density at radius 3 is 2.15 bits per heavy atom. The number of esters is 1. The van der Waals surface area contributed by atoms with Crippen molar-refractivity contribution < 1.29 is 23.8 Å². The molecule has 1 unspecified atom stereocenters. The predicted octanol–water partition coefficient (Wildman–Crippen LogP) is 1.29. The van der Waals surface area contributed by atoms with Crippen molar-refractivity contribution in [3.63, 3.8) is 0 Å². The molecule has 0 spiro atoms. The smallest absolute Gasteiger partial charge is 0.466 e. The summed E-state index contributed by atoms with van der Waals surface area (Å²) in [6.45, 7) is 2.82. The second kappa shape index (κ2) is 5.64. The quantitative estimate of drug-likeness (QED) is 0.519. The molecule has 0 aliphatic heterocycles. The summed E-state index contributed by atoms with van der Waals surface area (Å²) in [4.78, 5) is 21.5. The average molecular weight is 211 g/mol. The molecule has 0 bridgehead atoms. The first-order chi connectivity index (χ1) is 5.97. The molecule has 0 aromatic rings. The molecule has 0 saturated carbocycles. The number of carbonyl (C=O) groups excluding carboxylic acids is 2. The van der Waals surface area contributed by atoms with Gasteiger partial charge in [0.1, 0.15) is 0 Å². The van der Waals surface area contributed by atoms with Gasteiger partial charge in [-0.2, -0.15) is 0 Å². The Balaban J connectivity index is 3.85. The SMILES string of the molecule is COC(=O)[C@@H](C)OC(=O)OC(C)Cl. The standard InChI is InChI=1S/C7H11ClO5/c1-4(6(9)11-3)12-7(10)13-5(2)8/h4-5H,1-3H3/t4-,5?/m1/s1. The van der Waals surface area contributed by atoms with E-state index in [1.165, 1.54) is 21.0 Å². The third-order valence-corrected chi connectivity index (χ3v) is 1.15. The van der Waals surface area contributed by atoms with E-state index in [-0.39, 0.29) is 0 Å². The van der Waals surface area contributed by atoms with E-state index in [1.54, 1.807) is 0 Å². The van der Waals surface area contributed by atoms with Gasteiger partial charge in [-0.1, -0.05) is 11.6 Å². The molecule has 5 nitrogen and oxygen atoms in total. The molecule has 0 saturated heterocycles. The van der Waals surface area contributed by atoms with Crippen LogP contribution in [-0.4, -0.2) is 30.9 Å². The van der Waals surface area contributed by atoms with E-state index in [0.29, 0.717) is 0 Å². The second-order valence-corrected chi connectivity index (χ2v) is 2.81. The molecule has 13 heavy (non-hydrogen) atoms. The fourth-order valence-corrected chi connectivity index (χ4v) is 0.592. The largest absolute Gasteiger partial charge is 0.510 e. The molecule has 0 heterocycles. The molecular formula is C7H11ClO5. The van der Waals surface area contributed by atoms with Gasteiger partial charge in [0.15, 0.2) is 11.7 Å². The maximum absolute atomic E-state index is 10.7. The molecule has 0 N–H and O–H groups in total. The van der Waals surface area contributed by atoms with Crippen LogP contribution in [0.1, 0.15) is 13.8 Å². The topological polar surface area (TPSA) is 61.8 Å². The minimum Gasteiger partial charge on any atom is -0.466 e. The summed E-state index contributed by atoms with van der Waals surface area (Å²) in [5.74, 6) is -0.654. The summed E-state index contributed by atoms with van der Waals surface area (Å²) in [7, 11) is 1.19. The lowest BCUT2D eigenvalue weighted by Crippen LogP contribution is -2.26. The molecule has 76 valence electrons. The first-order valence-electron chi connectivity index (χ1n) is 3.56. The molecule has 0 aromatic heterocycles. The van der Waals surface area contributed by atoms with Gasteiger partial charge >= 0.3 is 12.1 Å². The first kappa shape index (κ1) is 12.0. The summed E-state index contributed by atoms with van der Waals surface area (Å²) in [5.41, 5.74) is -0.794. The van der Waals surface area contributed by atoms with Gasteiger partial charge in [0.2, 0.25) is 0 Å². The van der Waals surface area contributed by atoms with Crippen molar-refractivity contribution in [1.82, 2.24) is 0 Å². The highest BCUT2D eigenvalue weighted by atomic mass is 35.5. The Kier molecular flexibility index (Phi) is 5.22. The van der Waals surface area contributed by atoms with E-state index in [9.17, 15) is 9.59 Å². The molecule has 0 aliphatic rings. The summed E-state index contributed by atoms with van der Waals surface area (Å²) in [6, 6.07) is 0. The van der Waals surface area contributed by atoms with Crippen LogP contribution in [0.25, 0.3) is 0 Å². The minimum atomic E-state index is -1.000. The first-order valence-corrected chi connectivity index (χ1v) is 4.00. The maximum Gasteiger partial charge on any atom is 0.510 e. The number of methoxy groups -OCH3 is 1. The second-order valence-electron chi connectivity index (χ2n) is 2.19. The Labute approximate surface area is 80.9 Å². The van der Waals surface area contributed by atoms with Crippen LogP contribution in [0, 0.1) is 0 Å². The van der Waals surface area contributed by atoms with E-state index in [4.69, 9.17) is 11.6 Å². The van der Waals surface area contributed by atoms with Crippen LogP contribution in [0.2, 0.25) is 0 Å². The zero-order valence-corrected chi connectivity index (χ0v) is 8.33. The number of hydrogen-bond donors (Lipinski definition) is 0. The van der Waals surface area contributed by atoms with Crippen molar-refractivity contribution in [2.45, 2.75) is 25.5 Å². The zero-order valence-electron chi connectivity index (χ0n) is 7.57. The number of hydrogen-bond acceptors (Lipinski definition) is 5. The molecule has 0 radical (unpaired) electrons. The van der Waals surface area contributed by atoms with Crippen LogP contribution in [0.5, 0.6) is 0 Å². The lowest BCUT2D eigenvalue weighted by atomic mass is 10.4. The van der Waals surface area contributed by atoms with Gasteiger partial charge in [0.25, 0.3) is 0 Å². The maximum atomic E-state index is 10.7. The third kappa shape index (κ3) is 5.30. The molecule has 0 rings (SSSR count). The fourth-order valence-electron chi connectivity index (χ4n) is 0.519. The van der Waals surface area contributed by atoms with Gasteiger partial charge in [-0.25, -0.2) is 9.59 Å². The van der Waals surface area contributed by atoms with E-state index < -0.39 is 23.8 Å². The summed E-state index contributed by atoms with van der Waals surface area (Å²) >= 11 is 5.33. The minimum absolute atomic E-state index is 0.654. The van der Waals surface area contributed by atoms with Crippen molar-refractivity contribution in [2.75, 3.05) is 7.11 Å². The van der Waals surface area contributed by atoms with Gasteiger partial charge in [0.05, 0.1) is 7.11 Å². The molecule has 0 fully saturated rings. The van der Waals surface area contributed by atoms with Crippen LogP contribution in [0.15, 0.2) is 0 Å². The lowest BCUT2D eigenvalue weighted by molar-refractivity contribution is -0.150. The lowest BCUT2D eigenvalue weighted by Gasteiger charge is -2.11. The molecule has 2 atom stereocenters. The molecule has 6 heteroatoms. The zero-order chi connectivity index (χ0) is 10.4.